The Labute approximate surface area is 101 Å². The minimum Gasteiger partial charge on any atom is -0.481 e. The minimum atomic E-state index is -1.03. The molecule has 0 aliphatic carbocycles. The first-order chi connectivity index (χ1) is 7.61. The zero-order chi connectivity index (χ0) is 13.6. The summed E-state index contributed by atoms with van der Waals surface area (Å²) in [6, 6.07) is 0. The third kappa shape index (κ3) is 8.24. The first-order valence-electron chi connectivity index (χ1n) is 5.31. The van der Waals surface area contributed by atoms with Gasteiger partial charge in [0.1, 0.15) is 11.4 Å². The van der Waals surface area contributed by atoms with Crippen LogP contribution in [0.3, 0.4) is 0 Å². The lowest BCUT2D eigenvalue weighted by atomic mass is 10.2. The number of ether oxygens (including phenoxy) is 1. The summed E-state index contributed by atoms with van der Waals surface area (Å²) in [5.74, 6) is -1.25. The Bertz CT molecular complexity index is 305. The number of hydrogen-bond donors (Lipinski definition) is 1. The summed E-state index contributed by atoms with van der Waals surface area (Å²) >= 11 is 0. The average molecular weight is 245 g/mol. The summed E-state index contributed by atoms with van der Waals surface area (Å²) in [6.45, 7) is 6.26. The van der Waals surface area contributed by atoms with Gasteiger partial charge in [-0.2, -0.15) is 0 Å². The Morgan fingerprint density at radius 3 is 2.12 bits per heavy atom. The summed E-state index contributed by atoms with van der Waals surface area (Å²) in [7, 11) is 0. The van der Waals surface area contributed by atoms with Crippen molar-refractivity contribution in [2.75, 3.05) is 13.1 Å². The van der Waals surface area contributed by atoms with Gasteiger partial charge in [-0.25, -0.2) is 4.79 Å². The molecule has 0 spiro atoms. The first-order valence-corrected chi connectivity index (χ1v) is 5.31. The van der Waals surface area contributed by atoms with Crippen LogP contribution in [-0.4, -0.2) is 46.5 Å². The molecule has 0 aromatic rings. The van der Waals surface area contributed by atoms with E-state index in [0.717, 1.165) is 4.90 Å². The van der Waals surface area contributed by atoms with Crippen LogP contribution < -0.4 is 0 Å². The molecule has 0 fully saturated rings. The van der Waals surface area contributed by atoms with Gasteiger partial charge in [-0.05, 0) is 27.7 Å². The van der Waals surface area contributed by atoms with Crippen molar-refractivity contribution in [3.8, 4) is 0 Å². The van der Waals surface area contributed by atoms with Crippen LogP contribution in [0.15, 0.2) is 0 Å². The summed E-state index contributed by atoms with van der Waals surface area (Å²) in [5, 5.41) is 8.55. The Morgan fingerprint density at radius 1 is 1.24 bits per heavy atom. The van der Waals surface area contributed by atoms with Crippen molar-refractivity contribution in [3.63, 3.8) is 0 Å². The molecule has 0 rings (SSSR count). The third-order valence-corrected chi connectivity index (χ3v) is 1.66. The lowest BCUT2D eigenvalue weighted by molar-refractivity contribution is -0.137. The molecule has 0 saturated carbocycles. The van der Waals surface area contributed by atoms with Crippen LogP contribution in [0.1, 0.15) is 34.1 Å². The van der Waals surface area contributed by atoms with Gasteiger partial charge < -0.3 is 14.7 Å². The Balaban J connectivity index is 4.50. The number of hydrogen-bond acceptors (Lipinski definition) is 4. The maximum absolute atomic E-state index is 11.7. The van der Waals surface area contributed by atoms with Gasteiger partial charge in [0.15, 0.2) is 0 Å². The molecule has 0 bridgehead atoms. The van der Waals surface area contributed by atoms with Crippen LogP contribution in [0.25, 0.3) is 0 Å². The SMILES string of the molecule is CC(=O)CN(CCC(=O)O)C(=O)OC(C)(C)C. The molecule has 0 aliphatic heterocycles. The van der Waals surface area contributed by atoms with Crippen LogP contribution in [0.4, 0.5) is 4.79 Å². The summed E-state index contributed by atoms with van der Waals surface area (Å²) in [6.07, 6.45) is -0.888. The summed E-state index contributed by atoms with van der Waals surface area (Å²) in [4.78, 5) is 34.2. The molecule has 1 N–H and O–H groups in total. The molecule has 0 aromatic heterocycles. The predicted molar refractivity (Wildman–Crippen MR) is 60.7 cm³/mol. The topological polar surface area (TPSA) is 83.9 Å². The number of aliphatic carboxylic acids is 1. The third-order valence-electron chi connectivity index (χ3n) is 1.66. The van der Waals surface area contributed by atoms with E-state index in [4.69, 9.17) is 9.84 Å². The smallest absolute Gasteiger partial charge is 0.410 e. The van der Waals surface area contributed by atoms with Gasteiger partial charge in [-0.3, -0.25) is 9.59 Å². The second kappa shape index (κ2) is 6.22. The van der Waals surface area contributed by atoms with Crippen molar-refractivity contribution in [2.24, 2.45) is 0 Å². The van der Waals surface area contributed by atoms with E-state index in [9.17, 15) is 14.4 Å². The molecule has 0 unspecified atom stereocenters. The normalized spacial score (nSPS) is 10.8. The number of nitrogens with zero attached hydrogens (tertiary/aromatic N) is 1. The average Bonchev–Trinajstić information content (AvgIpc) is 2.08. The number of carbonyl (C=O) groups is 3. The number of carboxylic acids is 1. The van der Waals surface area contributed by atoms with Crippen LogP contribution in [0.5, 0.6) is 0 Å². The zero-order valence-electron chi connectivity index (χ0n) is 10.6. The van der Waals surface area contributed by atoms with Gasteiger partial charge in [-0.1, -0.05) is 0 Å². The van der Waals surface area contributed by atoms with E-state index in [1.807, 2.05) is 0 Å². The molecule has 0 radical (unpaired) electrons. The molecule has 1 amide bonds. The Kier molecular flexibility index (Phi) is 5.64. The number of carbonyl (C=O) groups excluding carboxylic acids is 2. The molecule has 0 saturated heterocycles. The molecule has 0 aliphatic rings. The maximum atomic E-state index is 11.7. The van der Waals surface area contributed by atoms with Crippen molar-refractivity contribution >= 4 is 17.8 Å². The molecule has 98 valence electrons. The first kappa shape index (κ1) is 15.4. The van der Waals surface area contributed by atoms with Crippen LogP contribution in [0, 0.1) is 0 Å². The summed E-state index contributed by atoms with van der Waals surface area (Å²) in [5.41, 5.74) is -0.671. The van der Waals surface area contributed by atoms with Gasteiger partial charge in [0, 0.05) is 6.54 Å². The molecule has 0 atom stereocenters. The van der Waals surface area contributed by atoms with E-state index >= 15 is 0 Å². The van der Waals surface area contributed by atoms with E-state index in [1.165, 1.54) is 6.92 Å². The lowest BCUT2D eigenvalue weighted by Gasteiger charge is -2.26. The fourth-order valence-corrected chi connectivity index (χ4v) is 1.06. The second-order valence-corrected chi connectivity index (χ2v) is 4.75. The van der Waals surface area contributed by atoms with E-state index in [0.29, 0.717) is 0 Å². The van der Waals surface area contributed by atoms with Crippen molar-refractivity contribution in [1.82, 2.24) is 4.90 Å². The van der Waals surface area contributed by atoms with Crippen molar-refractivity contribution in [2.45, 2.75) is 39.7 Å². The predicted octanol–water partition coefficient (Wildman–Crippen LogP) is 1.29. The number of rotatable bonds is 5. The number of carboxylic acid groups (broad SMARTS) is 1. The highest BCUT2D eigenvalue weighted by molar-refractivity contribution is 5.82. The van der Waals surface area contributed by atoms with Gasteiger partial charge in [-0.15, -0.1) is 0 Å². The Hall–Kier alpha value is -1.59. The van der Waals surface area contributed by atoms with Crippen LogP contribution in [0.2, 0.25) is 0 Å². The monoisotopic (exact) mass is 245 g/mol. The van der Waals surface area contributed by atoms with Gasteiger partial charge in [0.2, 0.25) is 0 Å². The highest BCUT2D eigenvalue weighted by Gasteiger charge is 2.23. The largest absolute Gasteiger partial charge is 0.481 e. The quantitative estimate of drug-likeness (QED) is 0.788. The maximum Gasteiger partial charge on any atom is 0.410 e. The summed E-state index contributed by atoms with van der Waals surface area (Å²) < 4.78 is 5.07. The van der Waals surface area contributed by atoms with E-state index in [2.05, 4.69) is 0 Å². The lowest BCUT2D eigenvalue weighted by Crippen LogP contribution is -2.40. The molecule has 6 heteroatoms. The van der Waals surface area contributed by atoms with Gasteiger partial charge in [0.05, 0.1) is 13.0 Å². The fraction of sp³-hybridized carbons (Fsp3) is 0.727. The molecular formula is C11H19NO5. The molecular weight excluding hydrogens is 226 g/mol. The molecule has 17 heavy (non-hydrogen) atoms. The second-order valence-electron chi connectivity index (χ2n) is 4.75. The molecule has 0 heterocycles. The molecule has 0 aromatic carbocycles. The van der Waals surface area contributed by atoms with Crippen molar-refractivity contribution in [1.29, 1.82) is 0 Å². The van der Waals surface area contributed by atoms with E-state index in [-0.39, 0.29) is 25.3 Å². The fourth-order valence-electron chi connectivity index (χ4n) is 1.06. The van der Waals surface area contributed by atoms with Crippen LogP contribution in [-0.2, 0) is 14.3 Å². The van der Waals surface area contributed by atoms with E-state index in [1.54, 1.807) is 20.8 Å². The number of amides is 1. The standard InChI is InChI=1S/C11H19NO5/c1-8(13)7-12(6-5-9(14)15)10(16)17-11(2,3)4/h5-7H2,1-4H3,(H,14,15). The highest BCUT2D eigenvalue weighted by Crippen LogP contribution is 2.10. The highest BCUT2D eigenvalue weighted by atomic mass is 16.6. The van der Waals surface area contributed by atoms with E-state index < -0.39 is 17.7 Å². The number of ketones is 1. The van der Waals surface area contributed by atoms with Gasteiger partial charge >= 0.3 is 12.1 Å². The minimum absolute atomic E-state index is 0.0379. The van der Waals surface area contributed by atoms with Crippen LogP contribution >= 0.6 is 0 Å². The zero-order valence-corrected chi connectivity index (χ0v) is 10.6. The van der Waals surface area contributed by atoms with Gasteiger partial charge in [0.25, 0.3) is 0 Å². The van der Waals surface area contributed by atoms with Crippen molar-refractivity contribution < 1.29 is 24.2 Å². The Morgan fingerprint density at radius 2 is 1.76 bits per heavy atom. The van der Waals surface area contributed by atoms with Crippen molar-refractivity contribution in [3.05, 3.63) is 0 Å². The molecule has 6 nitrogen and oxygen atoms in total. The number of Topliss-reactive ketones (excluding diaryl/α,β-unsaturated/α-hetero) is 1.